The van der Waals surface area contributed by atoms with Crippen LogP contribution < -0.4 is 5.32 Å². The van der Waals surface area contributed by atoms with Gasteiger partial charge in [-0.1, -0.05) is 37.6 Å². The van der Waals surface area contributed by atoms with Crippen molar-refractivity contribution < 1.29 is 23.1 Å². The monoisotopic (exact) mass is 401 g/mol. The largest absolute Gasteiger partial charge is 0.508 e. The quantitative estimate of drug-likeness (QED) is 0.610. The van der Waals surface area contributed by atoms with E-state index in [1.54, 1.807) is 19.1 Å². The minimum absolute atomic E-state index is 0.00849. The van der Waals surface area contributed by atoms with Gasteiger partial charge in [-0.3, -0.25) is 9.18 Å². The van der Waals surface area contributed by atoms with Crippen molar-refractivity contribution in [2.75, 3.05) is 19.0 Å². The summed E-state index contributed by atoms with van der Waals surface area (Å²) in [5.74, 6) is -0.190. The van der Waals surface area contributed by atoms with Gasteiger partial charge in [0.15, 0.2) is 0 Å². The number of carbonyl (C=O) groups excluding carboxylic acids is 1. The molecule has 7 heteroatoms. The third-order valence-corrected chi connectivity index (χ3v) is 4.43. The van der Waals surface area contributed by atoms with Crippen LogP contribution in [0.4, 0.5) is 18.9 Å². The summed E-state index contributed by atoms with van der Waals surface area (Å²) in [6, 6.07) is 5.03. The zero-order chi connectivity index (χ0) is 20.7. The van der Waals surface area contributed by atoms with Gasteiger partial charge in [-0.2, -0.15) is 4.39 Å². The van der Waals surface area contributed by atoms with Crippen LogP contribution >= 0.6 is 11.6 Å². The van der Waals surface area contributed by atoms with Crippen molar-refractivity contribution in [2.24, 2.45) is 0 Å². The molecule has 0 aliphatic rings. The molecule has 0 aliphatic carbocycles. The molecule has 0 bridgehead atoms. The SMILES string of the molecule is CF.Cc1c(F)c(NCC(=O)F)cc(Cl)c1Cc1ccc(O)c(C(C)C)c1. The zero-order valence-electron chi connectivity index (χ0n) is 15.7. The summed E-state index contributed by atoms with van der Waals surface area (Å²) in [5, 5.41) is 12.6. The molecule has 0 radical (unpaired) electrons. The van der Waals surface area contributed by atoms with E-state index in [1.807, 2.05) is 19.9 Å². The molecule has 2 aromatic carbocycles. The lowest BCUT2D eigenvalue weighted by atomic mass is 9.94. The van der Waals surface area contributed by atoms with Gasteiger partial charge in [0.05, 0.1) is 12.9 Å². The van der Waals surface area contributed by atoms with Crippen LogP contribution in [0.3, 0.4) is 0 Å². The highest BCUT2D eigenvalue weighted by Crippen LogP contribution is 2.32. The fourth-order valence-corrected chi connectivity index (χ4v) is 3.00. The van der Waals surface area contributed by atoms with E-state index < -0.39 is 18.4 Å². The number of phenolic OH excluding ortho intramolecular Hbond substituents is 1. The van der Waals surface area contributed by atoms with Crippen LogP contribution in [0.1, 0.15) is 42.0 Å². The molecule has 0 saturated heterocycles. The molecule has 0 aliphatic heterocycles. The first-order valence-electron chi connectivity index (χ1n) is 8.30. The smallest absolute Gasteiger partial charge is 0.320 e. The molecule has 0 unspecified atom stereocenters. The highest BCUT2D eigenvalue weighted by atomic mass is 35.5. The van der Waals surface area contributed by atoms with Crippen molar-refractivity contribution in [1.29, 1.82) is 0 Å². The maximum Gasteiger partial charge on any atom is 0.320 e. The molecule has 3 nitrogen and oxygen atoms in total. The first-order chi connectivity index (χ1) is 12.7. The first-order valence-corrected chi connectivity index (χ1v) is 8.67. The van der Waals surface area contributed by atoms with Crippen molar-refractivity contribution in [3.05, 3.63) is 57.4 Å². The fourth-order valence-electron chi connectivity index (χ4n) is 2.68. The predicted octanol–water partition coefficient (Wildman–Crippen LogP) is 5.70. The first kappa shape index (κ1) is 22.8. The second kappa shape index (κ2) is 10.2. The molecule has 0 heterocycles. The van der Waals surface area contributed by atoms with E-state index in [0.717, 1.165) is 11.1 Å². The minimum Gasteiger partial charge on any atom is -0.508 e. The van der Waals surface area contributed by atoms with Gasteiger partial charge in [-0.05, 0) is 53.6 Å². The van der Waals surface area contributed by atoms with E-state index in [0.29, 0.717) is 29.7 Å². The van der Waals surface area contributed by atoms with Crippen LogP contribution in [0, 0.1) is 12.7 Å². The number of benzene rings is 2. The Morgan fingerprint density at radius 3 is 2.44 bits per heavy atom. The van der Waals surface area contributed by atoms with Gasteiger partial charge in [-0.15, -0.1) is 0 Å². The maximum atomic E-state index is 14.5. The Kier molecular flexibility index (Phi) is 8.63. The van der Waals surface area contributed by atoms with E-state index in [4.69, 9.17) is 11.6 Å². The van der Waals surface area contributed by atoms with Crippen LogP contribution in [-0.4, -0.2) is 24.9 Å². The average molecular weight is 402 g/mol. The zero-order valence-corrected chi connectivity index (χ0v) is 16.4. The van der Waals surface area contributed by atoms with Crippen molar-refractivity contribution in [2.45, 2.75) is 33.1 Å². The molecule has 0 fully saturated rings. The third-order valence-electron chi connectivity index (χ3n) is 4.09. The molecule has 0 spiro atoms. The lowest BCUT2D eigenvalue weighted by Gasteiger charge is -2.15. The lowest BCUT2D eigenvalue weighted by molar-refractivity contribution is -0.127. The van der Waals surface area contributed by atoms with Crippen LogP contribution in [0.15, 0.2) is 24.3 Å². The van der Waals surface area contributed by atoms with Gasteiger partial charge in [-0.25, -0.2) is 4.39 Å². The Morgan fingerprint density at radius 1 is 1.26 bits per heavy atom. The second-order valence-corrected chi connectivity index (χ2v) is 6.66. The molecule has 27 heavy (non-hydrogen) atoms. The molecule has 148 valence electrons. The maximum absolute atomic E-state index is 14.5. The summed E-state index contributed by atoms with van der Waals surface area (Å²) in [7, 11) is 0.500. The Labute approximate surface area is 162 Å². The second-order valence-electron chi connectivity index (χ2n) is 6.26. The van der Waals surface area contributed by atoms with Crippen LogP contribution in [0.2, 0.25) is 5.02 Å². The molecule has 0 aromatic heterocycles. The Bertz CT molecular complexity index is 810. The Balaban J connectivity index is 0.00000176. The van der Waals surface area contributed by atoms with Gasteiger partial charge < -0.3 is 10.4 Å². The molecular formula is C20H23ClF3NO2. The van der Waals surface area contributed by atoms with Crippen LogP contribution in [0.25, 0.3) is 0 Å². The van der Waals surface area contributed by atoms with Crippen molar-refractivity contribution >= 4 is 23.3 Å². The van der Waals surface area contributed by atoms with Gasteiger partial charge in [0.1, 0.15) is 18.1 Å². The fraction of sp³-hybridized carbons (Fsp3) is 0.350. The van der Waals surface area contributed by atoms with Crippen LogP contribution in [0.5, 0.6) is 5.75 Å². The summed E-state index contributed by atoms with van der Waals surface area (Å²) < 4.78 is 36.3. The van der Waals surface area contributed by atoms with Gasteiger partial charge in [0.2, 0.25) is 0 Å². The normalized spacial score (nSPS) is 10.4. The summed E-state index contributed by atoms with van der Waals surface area (Å²) in [6.45, 7) is 4.93. The topological polar surface area (TPSA) is 49.3 Å². The number of halogens is 4. The van der Waals surface area contributed by atoms with Crippen molar-refractivity contribution in [3.8, 4) is 5.75 Å². The number of phenols is 1. The minimum atomic E-state index is -1.58. The summed E-state index contributed by atoms with van der Waals surface area (Å²) in [4.78, 5) is 10.4. The molecule has 2 N–H and O–H groups in total. The van der Waals surface area contributed by atoms with E-state index in [9.17, 15) is 23.1 Å². The summed E-state index contributed by atoms with van der Waals surface area (Å²) >= 11 is 6.27. The molecular weight excluding hydrogens is 379 g/mol. The van der Waals surface area contributed by atoms with Gasteiger partial charge >= 0.3 is 6.04 Å². The van der Waals surface area contributed by atoms with Crippen molar-refractivity contribution in [1.82, 2.24) is 0 Å². The number of carbonyl (C=O) groups is 1. The number of alkyl halides is 1. The van der Waals surface area contributed by atoms with Crippen LogP contribution in [-0.2, 0) is 11.2 Å². The molecule has 0 amide bonds. The molecule has 0 atom stereocenters. The Hall–Kier alpha value is -2.21. The summed E-state index contributed by atoms with van der Waals surface area (Å²) in [6.07, 6.45) is 0.393. The van der Waals surface area contributed by atoms with Gasteiger partial charge in [0.25, 0.3) is 0 Å². The number of nitrogens with one attached hydrogen (secondary N) is 1. The molecule has 2 aromatic rings. The predicted molar refractivity (Wildman–Crippen MR) is 103 cm³/mol. The number of hydrogen-bond acceptors (Lipinski definition) is 3. The number of hydrogen-bond donors (Lipinski definition) is 2. The molecule has 0 saturated carbocycles. The summed E-state index contributed by atoms with van der Waals surface area (Å²) in [5.41, 5.74) is 2.64. The number of aromatic hydroxyl groups is 1. The highest BCUT2D eigenvalue weighted by molar-refractivity contribution is 6.31. The average Bonchev–Trinajstić information content (AvgIpc) is 2.63. The number of rotatable bonds is 6. The van der Waals surface area contributed by atoms with E-state index in [-0.39, 0.29) is 17.4 Å². The van der Waals surface area contributed by atoms with E-state index in [2.05, 4.69) is 5.32 Å². The lowest BCUT2D eigenvalue weighted by Crippen LogP contribution is -2.11. The van der Waals surface area contributed by atoms with E-state index >= 15 is 0 Å². The standard InChI is InChI=1S/C19H20ClF2NO2.CH3F/c1-10(2)13-6-12(4-5-17(13)24)7-14-11(3)19(22)16(8-15(14)20)23-9-18(21)25;1-2/h4-6,8,10,23-24H,7,9H2,1-3H3;1H3. The third kappa shape index (κ3) is 5.89. The van der Waals surface area contributed by atoms with Gasteiger partial charge in [0, 0.05) is 5.02 Å². The van der Waals surface area contributed by atoms with E-state index in [1.165, 1.54) is 6.07 Å². The Morgan fingerprint density at radius 2 is 1.89 bits per heavy atom. The number of anilines is 1. The molecule has 2 rings (SSSR count). The van der Waals surface area contributed by atoms with Crippen molar-refractivity contribution in [3.63, 3.8) is 0 Å². The highest BCUT2D eigenvalue weighted by Gasteiger charge is 2.16.